The van der Waals surface area contributed by atoms with Gasteiger partial charge in [-0.15, -0.1) is 0 Å². The predicted octanol–water partition coefficient (Wildman–Crippen LogP) is 3.27. The van der Waals surface area contributed by atoms with Crippen molar-refractivity contribution in [2.24, 2.45) is 0 Å². The summed E-state index contributed by atoms with van der Waals surface area (Å²) in [6.07, 6.45) is 4.05. The number of nitrogens with zero attached hydrogens (tertiary/aromatic N) is 1. The van der Waals surface area contributed by atoms with E-state index in [1.165, 1.54) is 42.5 Å². The predicted molar refractivity (Wildman–Crippen MR) is 82.5 cm³/mol. The van der Waals surface area contributed by atoms with Crippen LogP contribution in [0, 0.1) is 13.8 Å². The standard InChI is InChI=1S/C17H28N2/c1-13-8-9-16(11-14(13)2)12-19-10-6-5-7-17(19)15(3)18-4/h8-9,11,15,17-18H,5-7,10,12H2,1-4H3. The summed E-state index contributed by atoms with van der Waals surface area (Å²) in [4.78, 5) is 2.66. The summed E-state index contributed by atoms with van der Waals surface area (Å²) in [5.74, 6) is 0. The Kier molecular flexibility index (Phi) is 5.00. The topological polar surface area (TPSA) is 15.3 Å². The summed E-state index contributed by atoms with van der Waals surface area (Å²) in [6, 6.07) is 8.15. The molecule has 2 rings (SSSR count). The highest BCUT2D eigenvalue weighted by Gasteiger charge is 2.26. The smallest absolute Gasteiger partial charge is 0.0250 e. The summed E-state index contributed by atoms with van der Waals surface area (Å²) in [6.45, 7) is 9.04. The minimum Gasteiger partial charge on any atom is -0.316 e. The van der Waals surface area contributed by atoms with Crippen molar-refractivity contribution in [3.63, 3.8) is 0 Å². The number of likely N-dealkylation sites (N-methyl/N-ethyl adjacent to an activating group) is 1. The molecule has 106 valence electrons. The molecule has 0 aliphatic carbocycles. The van der Waals surface area contributed by atoms with Crippen LogP contribution >= 0.6 is 0 Å². The number of hydrogen-bond acceptors (Lipinski definition) is 2. The third kappa shape index (κ3) is 3.58. The van der Waals surface area contributed by atoms with Crippen LogP contribution in [0.3, 0.4) is 0 Å². The average molecular weight is 260 g/mol. The van der Waals surface area contributed by atoms with E-state index in [0.29, 0.717) is 12.1 Å². The van der Waals surface area contributed by atoms with Crippen molar-refractivity contribution in [1.29, 1.82) is 0 Å². The number of nitrogens with one attached hydrogen (secondary N) is 1. The number of piperidine rings is 1. The zero-order valence-electron chi connectivity index (χ0n) is 12.9. The van der Waals surface area contributed by atoms with Gasteiger partial charge >= 0.3 is 0 Å². The van der Waals surface area contributed by atoms with Crippen LogP contribution in [-0.2, 0) is 6.54 Å². The Bertz CT molecular complexity index is 414. The maximum atomic E-state index is 3.43. The lowest BCUT2D eigenvalue weighted by Crippen LogP contribution is -2.49. The molecule has 1 fully saturated rings. The Morgan fingerprint density at radius 2 is 2.05 bits per heavy atom. The lowest BCUT2D eigenvalue weighted by molar-refractivity contribution is 0.114. The van der Waals surface area contributed by atoms with Crippen LogP contribution < -0.4 is 5.32 Å². The molecule has 1 aliphatic heterocycles. The van der Waals surface area contributed by atoms with E-state index in [0.717, 1.165) is 6.54 Å². The zero-order valence-corrected chi connectivity index (χ0v) is 12.9. The molecule has 0 bridgehead atoms. The van der Waals surface area contributed by atoms with Gasteiger partial charge in [0, 0.05) is 18.6 Å². The number of likely N-dealkylation sites (tertiary alicyclic amines) is 1. The van der Waals surface area contributed by atoms with Gasteiger partial charge in [-0.1, -0.05) is 24.6 Å². The molecule has 1 saturated heterocycles. The molecule has 0 spiro atoms. The third-order valence-corrected chi connectivity index (χ3v) is 4.65. The van der Waals surface area contributed by atoms with E-state index in [4.69, 9.17) is 0 Å². The van der Waals surface area contributed by atoms with Crippen LogP contribution in [0.2, 0.25) is 0 Å². The van der Waals surface area contributed by atoms with Gasteiger partial charge in [-0.05, 0) is 63.9 Å². The Balaban J connectivity index is 2.08. The Morgan fingerprint density at radius 1 is 1.26 bits per heavy atom. The van der Waals surface area contributed by atoms with E-state index in [1.807, 2.05) is 0 Å². The molecule has 1 aromatic carbocycles. The molecule has 1 aliphatic rings. The van der Waals surface area contributed by atoms with Gasteiger partial charge in [0.2, 0.25) is 0 Å². The Morgan fingerprint density at radius 3 is 2.74 bits per heavy atom. The van der Waals surface area contributed by atoms with Crippen molar-refractivity contribution in [3.05, 3.63) is 34.9 Å². The minimum absolute atomic E-state index is 0.576. The SMILES string of the molecule is CNC(C)C1CCCCN1Cc1ccc(C)c(C)c1. The number of hydrogen-bond donors (Lipinski definition) is 1. The highest BCUT2D eigenvalue weighted by atomic mass is 15.2. The molecule has 19 heavy (non-hydrogen) atoms. The number of rotatable bonds is 4. The Labute approximate surface area is 118 Å². The van der Waals surface area contributed by atoms with Gasteiger partial charge in [0.1, 0.15) is 0 Å². The molecule has 0 radical (unpaired) electrons. The molecule has 0 aromatic heterocycles. The summed E-state index contributed by atoms with van der Waals surface area (Å²) < 4.78 is 0. The number of aryl methyl sites for hydroxylation is 2. The van der Waals surface area contributed by atoms with Crippen molar-refractivity contribution >= 4 is 0 Å². The second kappa shape index (κ2) is 6.53. The molecule has 2 unspecified atom stereocenters. The highest BCUT2D eigenvalue weighted by Crippen LogP contribution is 2.22. The molecule has 0 amide bonds. The Hall–Kier alpha value is -0.860. The second-order valence-corrected chi connectivity index (χ2v) is 6.03. The van der Waals surface area contributed by atoms with Crippen LogP contribution in [0.1, 0.15) is 42.9 Å². The first-order valence-electron chi connectivity index (χ1n) is 7.59. The van der Waals surface area contributed by atoms with Crippen molar-refractivity contribution in [3.8, 4) is 0 Å². The van der Waals surface area contributed by atoms with Crippen molar-refractivity contribution in [2.75, 3.05) is 13.6 Å². The molecular formula is C17H28N2. The van der Waals surface area contributed by atoms with Gasteiger partial charge in [-0.25, -0.2) is 0 Å². The summed E-state index contributed by atoms with van der Waals surface area (Å²) in [7, 11) is 2.08. The van der Waals surface area contributed by atoms with Crippen molar-refractivity contribution in [2.45, 2.75) is 58.7 Å². The largest absolute Gasteiger partial charge is 0.316 e. The third-order valence-electron chi connectivity index (χ3n) is 4.65. The van der Waals surface area contributed by atoms with Gasteiger partial charge in [0.05, 0.1) is 0 Å². The molecule has 2 heteroatoms. The van der Waals surface area contributed by atoms with Crippen LogP contribution in [0.5, 0.6) is 0 Å². The first kappa shape index (κ1) is 14.5. The summed E-state index contributed by atoms with van der Waals surface area (Å²) >= 11 is 0. The summed E-state index contributed by atoms with van der Waals surface area (Å²) in [5.41, 5.74) is 4.26. The minimum atomic E-state index is 0.576. The van der Waals surface area contributed by atoms with Crippen LogP contribution in [0.4, 0.5) is 0 Å². The van der Waals surface area contributed by atoms with Crippen LogP contribution in [0.25, 0.3) is 0 Å². The van der Waals surface area contributed by atoms with E-state index in [2.05, 4.69) is 56.2 Å². The van der Waals surface area contributed by atoms with E-state index < -0.39 is 0 Å². The average Bonchev–Trinajstić information content (AvgIpc) is 2.43. The highest BCUT2D eigenvalue weighted by molar-refractivity contribution is 5.29. The van der Waals surface area contributed by atoms with E-state index in [-0.39, 0.29) is 0 Å². The number of benzene rings is 1. The fourth-order valence-electron chi connectivity index (χ4n) is 3.11. The van der Waals surface area contributed by atoms with Gasteiger partial charge in [-0.2, -0.15) is 0 Å². The molecule has 0 saturated carbocycles. The molecule has 1 aromatic rings. The maximum Gasteiger partial charge on any atom is 0.0250 e. The van der Waals surface area contributed by atoms with Crippen LogP contribution in [0.15, 0.2) is 18.2 Å². The van der Waals surface area contributed by atoms with E-state index in [9.17, 15) is 0 Å². The normalized spacial score (nSPS) is 22.4. The van der Waals surface area contributed by atoms with Gasteiger partial charge in [-0.3, -0.25) is 4.90 Å². The van der Waals surface area contributed by atoms with E-state index >= 15 is 0 Å². The first-order valence-corrected chi connectivity index (χ1v) is 7.59. The zero-order chi connectivity index (χ0) is 13.8. The van der Waals surface area contributed by atoms with E-state index in [1.54, 1.807) is 0 Å². The summed E-state index contributed by atoms with van der Waals surface area (Å²) in [5, 5.41) is 3.43. The second-order valence-electron chi connectivity index (χ2n) is 6.03. The first-order chi connectivity index (χ1) is 9.11. The fraction of sp³-hybridized carbons (Fsp3) is 0.647. The van der Waals surface area contributed by atoms with Gasteiger partial charge < -0.3 is 5.32 Å². The van der Waals surface area contributed by atoms with Gasteiger partial charge in [0.15, 0.2) is 0 Å². The van der Waals surface area contributed by atoms with Crippen LogP contribution in [-0.4, -0.2) is 30.6 Å². The lowest BCUT2D eigenvalue weighted by Gasteiger charge is -2.39. The molecule has 1 N–H and O–H groups in total. The molecule has 1 heterocycles. The maximum absolute atomic E-state index is 3.43. The quantitative estimate of drug-likeness (QED) is 0.894. The van der Waals surface area contributed by atoms with Crippen molar-refractivity contribution in [1.82, 2.24) is 10.2 Å². The van der Waals surface area contributed by atoms with Gasteiger partial charge in [0.25, 0.3) is 0 Å². The molecular weight excluding hydrogens is 232 g/mol. The van der Waals surface area contributed by atoms with Crippen molar-refractivity contribution < 1.29 is 0 Å². The fourth-order valence-corrected chi connectivity index (χ4v) is 3.11. The lowest BCUT2D eigenvalue weighted by atomic mass is 9.95. The molecule has 2 atom stereocenters. The monoisotopic (exact) mass is 260 g/mol. The molecule has 2 nitrogen and oxygen atoms in total.